The van der Waals surface area contributed by atoms with Gasteiger partial charge in [-0.2, -0.15) is 0 Å². The lowest BCUT2D eigenvalue weighted by atomic mass is 9.80. The summed E-state index contributed by atoms with van der Waals surface area (Å²) in [5, 5.41) is 12.5. The van der Waals surface area contributed by atoms with Crippen molar-refractivity contribution in [2.24, 2.45) is 5.41 Å². The lowest BCUT2D eigenvalue weighted by Gasteiger charge is -2.33. The standard InChI is InChI=1S/C14H15Cl2NO4/c15-10-3-1-2-9(11(10)16)12(18)17-8-14(13(19)20)4-6-21-7-5-14/h1-3H,4-8H2,(H,17,18)(H,19,20). The normalized spacial score (nSPS) is 17.2. The summed E-state index contributed by atoms with van der Waals surface area (Å²) in [5.74, 6) is -1.36. The van der Waals surface area contributed by atoms with Gasteiger partial charge in [-0.25, -0.2) is 0 Å². The lowest BCUT2D eigenvalue weighted by Crippen LogP contribution is -2.46. The molecule has 114 valence electrons. The van der Waals surface area contributed by atoms with Gasteiger partial charge >= 0.3 is 5.97 Å². The Morgan fingerprint density at radius 3 is 2.57 bits per heavy atom. The fourth-order valence-corrected chi connectivity index (χ4v) is 2.64. The van der Waals surface area contributed by atoms with Crippen molar-refractivity contribution in [3.8, 4) is 0 Å². The number of carbonyl (C=O) groups is 2. The minimum Gasteiger partial charge on any atom is -0.481 e. The molecule has 1 aromatic rings. The molecular formula is C14H15Cl2NO4. The molecule has 2 N–H and O–H groups in total. The Morgan fingerprint density at radius 2 is 1.95 bits per heavy atom. The summed E-state index contributed by atoms with van der Waals surface area (Å²) in [6.07, 6.45) is 0.734. The smallest absolute Gasteiger partial charge is 0.311 e. The number of amides is 1. The molecule has 0 aliphatic carbocycles. The van der Waals surface area contributed by atoms with Crippen LogP contribution in [0.15, 0.2) is 18.2 Å². The molecule has 2 rings (SSSR count). The Hall–Kier alpha value is -1.30. The van der Waals surface area contributed by atoms with Crippen molar-refractivity contribution < 1.29 is 19.4 Å². The molecule has 1 aromatic carbocycles. The van der Waals surface area contributed by atoms with Crippen LogP contribution in [0.2, 0.25) is 10.0 Å². The zero-order chi connectivity index (χ0) is 15.5. The average molecular weight is 332 g/mol. The van der Waals surface area contributed by atoms with Gasteiger partial charge in [-0.05, 0) is 25.0 Å². The molecule has 1 aliphatic rings. The minimum absolute atomic E-state index is 0.0351. The van der Waals surface area contributed by atoms with Crippen molar-refractivity contribution in [3.63, 3.8) is 0 Å². The van der Waals surface area contributed by atoms with E-state index in [1.54, 1.807) is 18.2 Å². The highest BCUT2D eigenvalue weighted by Crippen LogP contribution is 2.31. The predicted octanol–water partition coefficient (Wildman–Crippen LogP) is 2.60. The fraction of sp³-hybridized carbons (Fsp3) is 0.429. The Morgan fingerprint density at radius 1 is 1.29 bits per heavy atom. The number of nitrogens with one attached hydrogen (secondary N) is 1. The zero-order valence-corrected chi connectivity index (χ0v) is 12.7. The Bertz CT molecular complexity index is 556. The SMILES string of the molecule is O=C(NCC1(C(=O)O)CCOCC1)c1cccc(Cl)c1Cl. The number of hydrogen-bond donors (Lipinski definition) is 2. The molecule has 1 aliphatic heterocycles. The largest absolute Gasteiger partial charge is 0.481 e. The monoisotopic (exact) mass is 331 g/mol. The maximum atomic E-state index is 12.1. The Balaban J connectivity index is 2.09. The molecule has 1 fully saturated rings. The number of benzene rings is 1. The van der Waals surface area contributed by atoms with E-state index >= 15 is 0 Å². The first kappa shape index (κ1) is 16.1. The van der Waals surface area contributed by atoms with Crippen molar-refractivity contribution in [3.05, 3.63) is 33.8 Å². The van der Waals surface area contributed by atoms with Gasteiger partial charge in [-0.1, -0.05) is 29.3 Å². The Kier molecular flexibility index (Phi) is 5.08. The molecule has 0 saturated carbocycles. The number of rotatable bonds is 4. The van der Waals surface area contributed by atoms with Crippen LogP contribution in [0.4, 0.5) is 0 Å². The molecule has 0 unspecified atom stereocenters. The summed E-state index contributed by atoms with van der Waals surface area (Å²) in [5.41, 5.74) is -0.754. The topological polar surface area (TPSA) is 75.6 Å². The van der Waals surface area contributed by atoms with Crippen molar-refractivity contribution in [1.29, 1.82) is 0 Å². The molecule has 0 aromatic heterocycles. The maximum absolute atomic E-state index is 12.1. The second kappa shape index (κ2) is 6.64. The minimum atomic E-state index is -0.987. The van der Waals surface area contributed by atoms with E-state index in [-0.39, 0.29) is 22.2 Å². The van der Waals surface area contributed by atoms with Crippen LogP contribution in [0.1, 0.15) is 23.2 Å². The van der Waals surface area contributed by atoms with E-state index in [0.717, 1.165) is 0 Å². The molecule has 5 nitrogen and oxygen atoms in total. The number of carboxylic acids is 1. The van der Waals surface area contributed by atoms with Gasteiger partial charge in [0.15, 0.2) is 0 Å². The van der Waals surface area contributed by atoms with Crippen LogP contribution >= 0.6 is 23.2 Å². The van der Waals surface area contributed by atoms with Crippen LogP contribution in [-0.4, -0.2) is 36.7 Å². The number of carbonyl (C=O) groups excluding carboxylic acids is 1. The summed E-state index contributed by atoms with van der Waals surface area (Å²) >= 11 is 11.8. The van der Waals surface area contributed by atoms with Crippen LogP contribution in [-0.2, 0) is 9.53 Å². The molecule has 1 saturated heterocycles. The molecule has 1 amide bonds. The lowest BCUT2D eigenvalue weighted by molar-refractivity contribution is -0.154. The highest BCUT2D eigenvalue weighted by atomic mass is 35.5. The first-order chi connectivity index (χ1) is 9.96. The fourth-order valence-electron chi connectivity index (χ4n) is 2.25. The van der Waals surface area contributed by atoms with E-state index in [1.807, 2.05) is 0 Å². The van der Waals surface area contributed by atoms with Crippen molar-refractivity contribution in [1.82, 2.24) is 5.32 Å². The van der Waals surface area contributed by atoms with Gasteiger partial charge in [-0.15, -0.1) is 0 Å². The predicted molar refractivity (Wildman–Crippen MR) is 78.9 cm³/mol. The van der Waals surface area contributed by atoms with Crippen LogP contribution in [0.3, 0.4) is 0 Å². The molecule has 0 bridgehead atoms. The van der Waals surface area contributed by atoms with E-state index in [0.29, 0.717) is 26.1 Å². The second-order valence-electron chi connectivity index (χ2n) is 4.98. The summed E-state index contributed by atoms with van der Waals surface area (Å²) < 4.78 is 5.19. The quantitative estimate of drug-likeness (QED) is 0.889. The third-order valence-electron chi connectivity index (χ3n) is 3.69. The number of aliphatic carboxylic acids is 1. The molecule has 1 heterocycles. The average Bonchev–Trinajstić information content (AvgIpc) is 2.48. The second-order valence-corrected chi connectivity index (χ2v) is 5.77. The molecule has 7 heteroatoms. The first-order valence-electron chi connectivity index (χ1n) is 6.50. The molecule has 0 radical (unpaired) electrons. The molecule has 21 heavy (non-hydrogen) atoms. The summed E-state index contributed by atoms with van der Waals surface area (Å²) in [7, 11) is 0. The van der Waals surface area contributed by atoms with E-state index < -0.39 is 17.3 Å². The number of ether oxygens (including phenoxy) is 1. The number of carboxylic acid groups (broad SMARTS) is 1. The van der Waals surface area contributed by atoms with E-state index in [4.69, 9.17) is 27.9 Å². The highest BCUT2D eigenvalue weighted by Gasteiger charge is 2.40. The molecule has 0 spiro atoms. The van der Waals surface area contributed by atoms with Crippen molar-refractivity contribution >= 4 is 35.1 Å². The van der Waals surface area contributed by atoms with Gasteiger partial charge in [0.25, 0.3) is 5.91 Å². The van der Waals surface area contributed by atoms with Gasteiger partial charge in [0.2, 0.25) is 0 Å². The van der Waals surface area contributed by atoms with Crippen LogP contribution in [0.25, 0.3) is 0 Å². The Labute approximate surface area is 132 Å². The third kappa shape index (κ3) is 3.48. The van der Waals surface area contributed by atoms with Gasteiger partial charge in [0, 0.05) is 19.8 Å². The van der Waals surface area contributed by atoms with Crippen molar-refractivity contribution in [2.45, 2.75) is 12.8 Å². The van der Waals surface area contributed by atoms with Gasteiger partial charge in [0.05, 0.1) is 21.0 Å². The number of halogens is 2. The maximum Gasteiger partial charge on any atom is 0.311 e. The molecule has 0 atom stereocenters. The summed E-state index contributed by atoms with van der Waals surface area (Å²) in [6.45, 7) is 0.785. The molecular weight excluding hydrogens is 317 g/mol. The van der Waals surface area contributed by atoms with Crippen LogP contribution in [0, 0.1) is 5.41 Å². The summed E-state index contributed by atoms with van der Waals surface area (Å²) in [6, 6.07) is 4.74. The van der Waals surface area contributed by atoms with E-state index in [1.165, 1.54) is 0 Å². The van der Waals surface area contributed by atoms with Gasteiger partial charge < -0.3 is 15.2 Å². The van der Waals surface area contributed by atoms with Crippen LogP contribution in [0.5, 0.6) is 0 Å². The zero-order valence-electron chi connectivity index (χ0n) is 11.2. The van der Waals surface area contributed by atoms with Gasteiger partial charge in [-0.3, -0.25) is 9.59 Å². The van der Waals surface area contributed by atoms with E-state index in [9.17, 15) is 14.7 Å². The van der Waals surface area contributed by atoms with Crippen LogP contribution < -0.4 is 5.32 Å². The van der Waals surface area contributed by atoms with Gasteiger partial charge in [0.1, 0.15) is 0 Å². The van der Waals surface area contributed by atoms with Crippen molar-refractivity contribution in [2.75, 3.05) is 19.8 Å². The first-order valence-corrected chi connectivity index (χ1v) is 7.25. The van der Waals surface area contributed by atoms with E-state index in [2.05, 4.69) is 5.32 Å². The summed E-state index contributed by atoms with van der Waals surface area (Å²) in [4.78, 5) is 23.6. The number of hydrogen-bond acceptors (Lipinski definition) is 3. The highest BCUT2D eigenvalue weighted by molar-refractivity contribution is 6.43. The third-order valence-corrected chi connectivity index (χ3v) is 4.51.